The molecule has 0 spiro atoms. The lowest BCUT2D eigenvalue weighted by molar-refractivity contribution is 0.651. The molecule has 1 atom stereocenters. The lowest BCUT2D eigenvalue weighted by Gasteiger charge is -2.11. The van der Waals surface area contributed by atoms with E-state index in [1.165, 1.54) is 21.3 Å². The van der Waals surface area contributed by atoms with Crippen molar-refractivity contribution >= 4 is 22.9 Å². The summed E-state index contributed by atoms with van der Waals surface area (Å²) in [5.41, 5.74) is 3.75. The smallest absolute Gasteiger partial charge is 0.0929 e. The first-order chi connectivity index (χ1) is 7.22. The van der Waals surface area contributed by atoms with Crippen LogP contribution < -0.4 is 11.3 Å². The van der Waals surface area contributed by atoms with E-state index in [1.807, 2.05) is 6.92 Å². The first-order valence-electron chi connectivity index (χ1n) is 4.53. The molecule has 0 bridgehead atoms. The second-order valence-electron chi connectivity index (χ2n) is 3.27. The molecule has 0 aliphatic heterocycles. The highest BCUT2D eigenvalue weighted by molar-refractivity contribution is 7.12. The summed E-state index contributed by atoms with van der Waals surface area (Å²) < 4.78 is 3.92. The van der Waals surface area contributed by atoms with Crippen molar-refractivity contribution in [2.24, 2.45) is 5.84 Å². The lowest BCUT2D eigenvalue weighted by Crippen LogP contribution is -2.28. The van der Waals surface area contributed by atoms with Crippen LogP contribution in [0.4, 0.5) is 0 Å². The Hall–Kier alpha value is -0.820. The van der Waals surface area contributed by atoms with Crippen LogP contribution >= 0.6 is 22.9 Å². The number of nitrogens with two attached hydrogens (primary N) is 1. The summed E-state index contributed by atoms with van der Waals surface area (Å²) in [7, 11) is 0. The fraction of sp³-hybridized carbons (Fsp3) is 0.333. The van der Waals surface area contributed by atoms with Gasteiger partial charge in [-0.15, -0.1) is 16.4 Å². The number of thiophene rings is 1. The third-order valence-electron chi connectivity index (χ3n) is 2.16. The van der Waals surface area contributed by atoms with E-state index in [-0.39, 0.29) is 6.04 Å². The van der Waals surface area contributed by atoms with Crippen molar-refractivity contribution in [3.63, 3.8) is 0 Å². The van der Waals surface area contributed by atoms with Crippen LogP contribution in [0.15, 0.2) is 12.1 Å². The first-order valence-corrected chi connectivity index (χ1v) is 6.12. The monoisotopic (exact) mass is 240 g/mol. The van der Waals surface area contributed by atoms with Crippen LogP contribution in [-0.2, 0) is 0 Å². The molecule has 2 aromatic rings. The fourth-order valence-electron chi connectivity index (χ4n) is 1.40. The summed E-state index contributed by atoms with van der Waals surface area (Å²) in [5, 5.41) is 4.00. The molecular weight excluding hydrogens is 228 g/mol. The van der Waals surface area contributed by atoms with Gasteiger partial charge in [-0.3, -0.25) is 5.84 Å². The number of hydrogen-bond acceptors (Lipinski definition) is 6. The molecule has 80 valence electrons. The van der Waals surface area contributed by atoms with Crippen molar-refractivity contribution in [3.8, 4) is 0 Å². The molecule has 4 nitrogen and oxygen atoms in total. The predicted molar refractivity (Wildman–Crippen MR) is 62.9 cm³/mol. The van der Waals surface area contributed by atoms with Crippen molar-refractivity contribution in [1.82, 2.24) is 15.0 Å². The molecule has 1 unspecified atom stereocenters. The van der Waals surface area contributed by atoms with Gasteiger partial charge in [0.25, 0.3) is 0 Å². The third kappa shape index (κ3) is 2.07. The minimum atomic E-state index is 0.0173. The number of hydrazine groups is 1. The molecule has 0 fully saturated rings. The molecule has 0 aliphatic rings. The highest BCUT2D eigenvalue weighted by Crippen LogP contribution is 2.30. The Morgan fingerprint density at radius 3 is 2.67 bits per heavy atom. The minimum absolute atomic E-state index is 0.0173. The maximum absolute atomic E-state index is 5.58. The normalized spacial score (nSPS) is 13.0. The highest BCUT2D eigenvalue weighted by atomic mass is 32.1. The molecule has 0 saturated heterocycles. The van der Waals surface area contributed by atoms with Crippen LogP contribution in [0.1, 0.15) is 26.4 Å². The van der Waals surface area contributed by atoms with E-state index in [0.29, 0.717) is 0 Å². The Morgan fingerprint density at radius 1 is 1.40 bits per heavy atom. The van der Waals surface area contributed by atoms with E-state index in [2.05, 4.69) is 34.1 Å². The Balaban J connectivity index is 2.36. The predicted octanol–water partition coefficient (Wildman–Crippen LogP) is 1.77. The molecule has 2 heterocycles. The van der Waals surface area contributed by atoms with Gasteiger partial charge in [0.05, 0.1) is 16.6 Å². The molecule has 0 aliphatic carbocycles. The summed E-state index contributed by atoms with van der Waals surface area (Å²) in [6.45, 7) is 4.03. The number of aromatic nitrogens is 2. The van der Waals surface area contributed by atoms with E-state index in [4.69, 9.17) is 5.84 Å². The lowest BCUT2D eigenvalue weighted by atomic mass is 10.2. The zero-order chi connectivity index (χ0) is 10.8. The van der Waals surface area contributed by atoms with Crippen molar-refractivity contribution in [3.05, 3.63) is 32.5 Å². The Kier molecular flexibility index (Phi) is 3.11. The van der Waals surface area contributed by atoms with Gasteiger partial charge >= 0.3 is 0 Å². The summed E-state index contributed by atoms with van der Waals surface area (Å²) >= 11 is 3.13. The summed E-state index contributed by atoms with van der Waals surface area (Å²) in [5.74, 6) is 5.58. The van der Waals surface area contributed by atoms with Gasteiger partial charge in [0, 0.05) is 9.75 Å². The van der Waals surface area contributed by atoms with E-state index in [1.54, 1.807) is 11.3 Å². The number of rotatable bonds is 3. The van der Waals surface area contributed by atoms with Gasteiger partial charge in [-0.2, -0.15) is 0 Å². The third-order valence-corrected chi connectivity index (χ3v) is 4.12. The highest BCUT2D eigenvalue weighted by Gasteiger charge is 2.19. The van der Waals surface area contributed by atoms with Gasteiger partial charge in [-0.1, -0.05) is 4.49 Å². The quantitative estimate of drug-likeness (QED) is 0.634. The molecule has 15 heavy (non-hydrogen) atoms. The molecule has 0 aromatic carbocycles. The van der Waals surface area contributed by atoms with E-state index in [9.17, 15) is 0 Å². The van der Waals surface area contributed by atoms with Gasteiger partial charge < -0.3 is 0 Å². The number of nitrogens with one attached hydrogen (secondary N) is 1. The van der Waals surface area contributed by atoms with Gasteiger partial charge in [-0.25, -0.2) is 5.43 Å². The first kappa shape index (κ1) is 10.7. The molecule has 0 radical (unpaired) electrons. The largest absolute Gasteiger partial charge is 0.271 e. The zero-order valence-corrected chi connectivity index (χ0v) is 10.2. The van der Waals surface area contributed by atoms with E-state index >= 15 is 0 Å². The van der Waals surface area contributed by atoms with Crippen LogP contribution in [0, 0.1) is 13.8 Å². The number of aryl methyl sites for hydroxylation is 2. The summed E-state index contributed by atoms with van der Waals surface area (Å²) in [6, 6.07) is 4.20. The minimum Gasteiger partial charge on any atom is -0.271 e. The molecule has 6 heteroatoms. The van der Waals surface area contributed by atoms with E-state index in [0.717, 1.165) is 10.6 Å². The fourth-order valence-corrected chi connectivity index (χ4v) is 3.15. The Bertz CT molecular complexity index is 448. The molecular formula is C9H12N4S2. The van der Waals surface area contributed by atoms with E-state index < -0.39 is 0 Å². The van der Waals surface area contributed by atoms with Crippen LogP contribution in [0.5, 0.6) is 0 Å². The molecule has 0 saturated carbocycles. The van der Waals surface area contributed by atoms with Gasteiger partial charge in [0.2, 0.25) is 0 Å². The number of nitrogens with zero attached hydrogens (tertiary/aromatic N) is 2. The van der Waals surface area contributed by atoms with Crippen LogP contribution in [0.25, 0.3) is 0 Å². The molecule has 2 aromatic heterocycles. The van der Waals surface area contributed by atoms with Crippen LogP contribution in [-0.4, -0.2) is 9.59 Å². The van der Waals surface area contributed by atoms with Gasteiger partial charge in [-0.05, 0) is 37.5 Å². The zero-order valence-electron chi connectivity index (χ0n) is 8.52. The molecule has 0 amide bonds. The Labute approximate surface area is 96.3 Å². The van der Waals surface area contributed by atoms with Crippen molar-refractivity contribution in [1.29, 1.82) is 0 Å². The number of hydrogen-bond donors (Lipinski definition) is 2. The molecule has 3 N–H and O–H groups in total. The summed E-state index contributed by atoms with van der Waals surface area (Å²) in [4.78, 5) is 3.56. The SMILES string of the molecule is Cc1ccc(C(NN)c2snnc2C)s1. The van der Waals surface area contributed by atoms with Crippen LogP contribution in [0.3, 0.4) is 0 Å². The second-order valence-corrected chi connectivity index (χ2v) is 5.38. The van der Waals surface area contributed by atoms with Crippen molar-refractivity contribution in [2.45, 2.75) is 19.9 Å². The van der Waals surface area contributed by atoms with Crippen LogP contribution in [0.2, 0.25) is 0 Å². The topological polar surface area (TPSA) is 63.8 Å². The average Bonchev–Trinajstić information content (AvgIpc) is 2.79. The van der Waals surface area contributed by atoms with Crippen molar-refractivity contribution < 1.29 is 0 Å². The second kappa shape index (κ2) is 4.36. The Morgan fingerprint density at radius 2 is 2.20 bits per heavy atom. The maximum atomic E-state index is 5.58. The maximum Gasteiger partial charge on any atom is 0.0929 e. The van der Waals surface area contributed by atoms with Gasteiger partial charge in [0.1, 0.15) is 0 Å². The summed E-state index contributed by atoms with van der Waals surface area (Å²) in [6.07, 6.45) is 0. The van der Waals surface area contributed by atoms with Crippen molar-refractivity contribution in [2.75, 3.05) is 0 Å². The average molecular weight is 240 g/mol. The molecule has 2 rings (SSSR count). The van der Waals surface area contributed by atoms with Gasteiger partial charge in [0.15, 0.2) is 0 Å². The standard InChI is InChI=1S/C9H12N4S2/c1-5-3-4-7(14-5)8(11-10)9-6(2)12-13-15-9/h3-4,8,11H,10H2,1-2H3.